The number of carbonyl (C=O) groups is 1. The Morgan fingerprint density at radius 2 is 2.05 bits per heavy atom. The molecule has 0 aliphatic heterocycles. The second-order valence-corrected chi connectivity index (χ2v) is 5.19. The smallest absolute Gasteiger partial charge is 0.263 e. The van der Waals surface area contributed by atoms with Crippen molar-refractivity contribution in [3.05, 3.63) is 41.6 Å². The summed E-state index contributed by atoms with van der Waals surface area (Å²) in [5, 5.41) is 9.54. The van der Waals surface area contributed by atoms with Gasteiger partial charge in [0.05, 0.1) is 0 Å². The van der Waals surface area contributed by atoms with Crippen LogP contribution in [0.4, 0.5) is 5.82 Å². The zero-order valence-corrected chi connectivity index (χ0v) is 12.6. The molecule has 0 saturated carbocycles. The molecule has 5 heteroatoms. The molecule has 2 N–H and O–H groups in total. The zero-order valence-electron chi connectivity index (χ0n) is 12.6. The van der Waals surface area contributed by atoms with Gasteiger partial charge in [0, 0.05) is 11.8 Å². The quantitative estimate of drug-likeness (QED) is 0.857. The second kappa shape index (κ2) is 6.92. The molecule has 2 rings (SSSR count). The molecule has 1 heterocycles. The van der Waals surface area contributed by atoms with E-state index in [1.807, 2.05) is 37.3 Å². The highest BCUT2D eigenvalue weighted by Gasteiger charge is 2.07. The molecule has 0 atom stereocenters. The van der Waals surface area contributed by atoms with Crippen molar-refractivity contribution in [2.45, 2.75) is 33.1 Å². The normalized spacial score (nSPS) is 10.7. The first-order valence-corrected chi connectivity index (χ1v) is 7.15. The van der Waals surface area contributed by atoms with E-state index in [2.05, 4.69) is 29.4 Å². The van der Waals surface area contributed by atoms with Gasteiger partial charge in [-0.15, -0.1) is 0 Å². The Hall–Kier alpha value is -2.30. The van der Waals surface area contributed by atoms with Gasteiger partial charge in [-0.05, 0) is 30.0 Å². The molecule has 0 saturated heterocycles. The van der Waals surface area contributed by atoms with Gasteiger partial charge in [0.2, 0.25) is 0 Å². The van der Waals surface area contributed by atoms with E-state index in [4.69, 9.17) is 4.74 Å². The molecule has 0 spiro atoms. The van der Waals surface area contributed by atoms with E-state index in [0.29, 0.717) is 17.5 Å². The van der Waals surface area contributed by atoms with Gasteiger partial charge in [-0.1, -0.05) is 32.9 Å². The van der Waals surface area contributed by atoms with Crippen LogP contribution in [0.25, 0.3) is 0 Å². The van der Waals surface area contributed by atoms with Crippen molar-refractivity contribution in [3.63, 3.8) is 0 Å². The van der Waals surface area contributed by atoms with Gasteiger partial charge in [0.15, 0.2) is 12.4 Å². The minimum atomic E-state index is -0.225. The van der Waals surface area contributed by atoms with Gasteiger partial charge in [-0.2, -0.15) is 5.10 Å². The molecule has 0 unspecified atom stereocenters. The number of aromatic nitrogens is 2. The molecule has 5 nitrogen and oxygen atoms in total. The molecule has 0 aliphatic rings. The topological polar surface area (TPSA) is 67.0 Å². The Bertz CT molecular complexity index is 588. The minimum Gasteiger partial charge on any atom is -0.484 e. The van der Waals surface area contributed by atoms with Crippen molar-refractivity contribution in [3.8, 4) is 5.75 Å². The third-order valence-corrected chi connectivity index (χ3v) is 3.20. The second-order valence-electron chi connectivity index (χ2n) is 5.19. The number of ether oxygens (including phenoxy) is 1. The number of aryl methyl sites for hydroxylation is 1. The Balaban J connectivity index is 1.83. The van der Waals surface area contributed by atoms with Crippen LogP contribution < -0.4 is 10.1 Å². The summed E-state index contributed by atoms with van der Waals surface area (Å²) in [6.45, 7) is 6.26. The lowest BCUT2D eigenvalue weighted by Crippen LogP contribution is -2.20. The van der Waals surface area contributed by atoms with Crippen LogP contribution in [-0.4, -0.2) is 22.7 Å². The fourth-order valence-corrected chi connectivity index (χ4v) is 1.88. The maximum Gasteiger partial charge on any atom is 0.263 e. The number of rotatable bonds is 6. The lowest BCUT2D eigenvalue weighted by Gasteiger charge is -2.08. The maximum atomic E-state index is 11.8. The summed E-state index contributed by atoms with van der Waals surface area (Å²) < 4.78 is 5.46. The third-order valence-electron chi connectivity index (χ3n) is 3.20. The number of aromatic amines is 1. The predicted molar refractivity (Wildman–Crippen MR) is 82.6 cm³/mol. The number of amides is 1. The summed E-state index contributed by atoms with van der Waals surface area (Å²) in [6.07, 6.45) is 0.849. The molecule has 2 aromatic rings. The van der Waals surface area contributed by atoms with Gasteiger partial charge in [0.1, 0.15) is 5.75 Å². The van der Waals surface area contributed by atoms with E-state index in [-0.39, 0.29) is 12.5 Å². The summed E-state index contributed by atoms with van der Waals surface area (Å²) in [5.41, 5.74) is 2.23. The van der Waals surface area contributed by atoms with E-state index in [1.165, 1.54) is 5.56 Å². The summed E-state index contributed by atoms with van der Waals surface area (Å²) in [5.74, 6) is 1.47. The Labute approximate surface area is 124 Å². The fourth-order valence-electron chi connectivity index (χ4n) is 1.88. The molecule has 0 radical (unpaired) electrons. The molecule has 1 aromatic heterocycles. The van der Waals surface area contributed by atoms with Crippen LogP contribution >= 0.6 is 0 Å². The van der Waals surface area contributed by atoms with Crippen LogP contribution in [0.3, 0.4) is 0 Å². The zero-order chi connectivity index (χ0) is 15.2. The first kappa shape index (κ1) is 15.1. The average Bonchev–Trinajstić information content (AvgIpc) is 2.93. The van der Waals surface area contributed by atoms with Crippen LogP contribution in [0.2, 0.25) is 0 Å². The summed E-state index contributed by atoms with van der Waals surface area (Å²) in [4.78, 5) is 11.8. The standard InChI is InChI=1S/C16H21N3O2/c1-4-13-9-15(19-18-13)17-16(20)10-21-14-7-5-12(6-8-14)11(2)3/h5-9,11H,4,10H2,1-3H3,(H2,17,18,19,20). The molecular weight excluding hydrogens is 266 g/mol. The van der Waals surface area contributed by atoms with E-state index in [1.54, 1.807) is 0 Å². The Morgan fingerprint density at radius 3 is 2.62 bits per heavy atom. The highest BCUT2D eigenvalue weighted by molar-refractivity contribution is 5.90. The van der Waals surface area contributed by atoms with Gasteiger partial charge >= 0.3 is 0 Å². The fraction of sp³-hybridized carbons (Fsp3) is 0.375. The van der Waals surface area contributed by atoms with Crippen molar-refractivity contribution in [2.75, 3.05) is 11.9 Å². The predicted octanol–water partition coefficient (Wildman–Crippen LogP) is 3.11. The maximum absolute atomic E-state index is 11.8. The molecular formula is C16H21N3O2. The molecule has 0 aliphatic carbocycles. The van der Waals surface area contributed by atoms with Gasteiger partial charge < -0.3 is 10.1 Å². The number of hydrogen-bond donors (Lipinski definition) is 2. The van der Waals surface area contributed by atoms with Gasteiger partial charge in [0.25, 0.3) is 5.91 Å². The van der Waals surface area contributed by atoms with Crippen molar-refractivity contribution >= 4 is 11.7 Å². The van der Waals surface area contributed by atoms with Crippen molar-refractivity contribution in [1.29, 1.82) is 0 Å². The minimum absolute atomic E-state index is 0.0324. The third kappa shape index (κ3) is 4.34. The first-order valence-electron chi connectivity index (χ1n) is 7.15. The number of nitrogens with zero attached hydrogens (tertiary/aromatic N) is 1. The Kier molecular flexibility index (Phi) is 4.98. The molecule has 112 valence electrons. The van der Waals surface area contributed by atoms with Crippen molar-refractivity contribution in [2.24, 2.45) is 0 Å². The molecule has 0 bridgehead atoms. The van der Waals surface area contributed by atoms with Crippen LogP contribution in [0.15, 0.2) is 30.3 Å². The van der Waals surface area contributed by atoms with Crippen molar-refractivity contribution in [1.82, 2.24) is 10.2 Å². The number of hydrogen-bond acceptors (Lipinski definition) is 3. The average molecular weight is 287 g/mol. The monoisotopic (exact) mass is 287 g/mol. The van der Waals surface area contributed by atoms with Crippen LogP contribution in [0, 0.1) is 0 Å². The van der Waals surface area contributed by atoms with Crippen LogP contribution in [0.5, 0.6) is 5.75 Å². The van der Waals surface area contributed by atoms with Crippen LogP contribution in [-0.2, 0) is 11.2 Å². The molecule has 1 aromatic carbocycles. The van der Waals surface area contributed by atoms with E-state index in [0.717, 1.165) is 12.1 Å². The molecule has 21 heavy (non-hydrogen) atoms. The lowest BCUT2D eigenvalue weighted by atomic mass is 10.0. The first-order chi connectivity index (χ1) is 10.1. The Morgan fingerprint density at radius 1 is 1.33 bits per heavy atom. The number of H-pyrrole nitrogens is 1. The largest absolute Gasteiger partial charge is 0.484 e. The van der Waals surface area contributed by atoms with Crippen LogP contribution in [0.1, 0.15) is 37.9 Å². The summed E-state index contributed by atoms with van der Waals surface area (Å²) in [6, 6.07) is 9.60. The number of carbonyl (C=O) groups excluding carboxylic acids is 1. The number of nitrogens with one attached hydrogen (secondary N) is 2. The number of anilines is 1. The van der Waals surface area contributed by atoms with E-state index in [9.17, 15) is 4.79 Å². The highest BCUT2D eigenvalue weighted by Crippen LogP contribution is 2.18. The number of benzene rings is 1. The summed E-state index contributed by atoms with van der Waals surface area (Å²) >= 11 is 0. The van der Waals surface area contributed by atoms with Crippen molar-refractivity contribution < 1.29 is 9.53 Å². The lowest BCUT2D eigenvalue weighted by molar-refractivity contribution is -0.118. The molecule has 1 amide bonds. The van der Waals surface area contributed by atoms with E-state index < -0.39 is 0 Å². The SMILES string of the molecule is CCc1cc(NC(=O)COc2ccc(C(C)C)cc2)n[nH]1. The summed E-state index contributed by atoms with van der Waals surface area (Å²) in [7, 11) is 0. The molecule has 0 fully saturated rings. The van der Waals surface area contributed by atoms with Gasteiger partial charge in [-0.25, -0.2) is 0 Å². The highest BCUT2D eigenvalue weighted by atomic mass is 16.5. The van der Waals surface area contributed by atoms with E-state index >= 15 is 0 Å². The van der Waals surface area contributed by atoms with Gasteiger partial charge in [-0.3, -0.25) is 9.89 Å².